The summed E-state index contributed by atoms with van der Waals surface area (Å²) in [4.78, 5) is 10.5. The van der Waals surface area contributed by atoms with Crippen molar-refractivity contribution in [3.05, 3.63) is 0 Å². The summed E-state index contributed by atoms with van der Waals surface area (Å²) in [6.07, 6.45) is 1.97. The van der Waals surface area contributed by atoms with Crippen molar-refractivity contribution in [1.82, 2.24) is 5.32 Å². The van der Waals surface area contributed by atoms with Crippen LogP contribution in [0.2, 0.25) is 0 Å². The molecule has 1 aliphatic rings. The van der Waals surface area contributed by atoms with Gasteiger partial charge in [-0.1, -0.05) is 6.92 Å². The van der Waals surface area contributed by atoms with Crippen LogP contribution < -0.4 is 5.32 Å². The first kappa shape index (κ1) is 8.68. The molecular weight excluding hydrogens is 142 g/mol. The maximum Gasteiger partial charge on any atom is 0.125 e. The molecule has 0 radical (unpaired) electrons. The standard InChI is InChI=1S/C8H15NO2/c1-2-7(6-10)8-5-9-3-4-11-8/h6-9H,2-5H2,1H3. The molecule has 0 saturated carbocycles. The number of hydrogen-bond acceptors (Lipinski definition) is 3. The largest absolute Gasteiger partial charge is 0.375 e. The Bertz CT molecular complexity index is 121. The number of hydrogen-bond donors (Lipinski definition) is 1. The van der Waals surface area contributed by atoms with Gasteiger partial charge in [0.05, 0.1) is 12.7 Å². The summed E-state index contributed by atoms with van der Waals surface area (Å²) in [7, 11) is 0. The van der Waals surface area contributed by atoms with Crippen LogP contribution in [-0.2, 0) is 9.53 Å². The normalized spacial score (nSPS) is 27.9. The van der Waals surface area contributed by atoms with E-state index in [0.717, 1.165) is 32.4 Å². The van der Waals surface area contributed by atoms with Crippen molar-refractivity contribution in [2.45, 2.75) is 19.4 Å². The van der Waals surface area contributed by atoms with Gasteiger partial charge in [-0.25, -0.2) is 0 Å². The summed E-state index contributed by atoms with van der Waals surface area (Å²) in [6, 6.07) is 0. The lowest BCUT2D eigenvalue weighted by atomic mass is 10.0. The molecule has 0 spiro atoms. The van der Waals surface area contributed by atoms with E-state index < -0.39 is 0 Å². The Morgan fingerprint density at radius 2 is 2.64 bits per heavy atom. The molecule has 1 N–H and O–H groups in total. The summed E-state index contributed by atoms with van der Waals surface area (Å²) in [6.45, 7) is 4.47. The van der Waals surface area contributed by atoms with Crippen LogP contribution in [0.25, 0.3) is 0 Å². The molecule has 0 amide bonds. The Hall–Kier alpha value is -0.410. The summed E-state index contributed by atoms with van der Waals surface area (Å²) in [5, 5.41) is 3.20. The predicted octanol–water partition coefficient (Wildman–Crippen LogP) is 0.200. The molecule has 0 aliphatic carbocycles. The Labute approximate surface area is 67.1 Å². The maximum absolute atomic E-state index is 10.5. The van der Waals surface area contributed by atoms with Gasteiger partial charge in [-0.3, -0.25) is 0 Å². The second-order valence-electron chi connectivity index (χ2n) is 2.82. The zero-order valence-corrected chi connectivity index (χ0v) is 6.88. The van der Waals surface area contributed by atoms with Gasteiger partial charge in [-0.05, 0) is 6.42 Å². The molecule has 1 aliphatic heterocycles. The first-order chi connectivity index (χ1) is 5.38. The van der Waals surface area contributed by atoms with Gasteiger partial charge in [0.25, 0.3) is 0 Å². The molecule has 3 heteroatoms. The topological polar surface area (TPSA) is 38.3 Å². The van der Waals surface area contributed by atoms with Crippen LogP contribution >= 0.6 is 0 Å². The second-order valence-corrected chi connectivity index (χ2v) is 2.82. The van der Waals surface area contributed by atoms with Crippen LogP contribution in [0.5, 0.6) is 0 Å². The van der Waals surface area contributed by atoms with E-state index in [4.69, 9.17) is 4.74 Å². The highest BCUT2D eigenvalue weighted by Crippen LogP contribution is 2.10. The fourth-order valence-corrected chi connectivity index (χ4v) is 1.31. The van der Waals surface area contributed by atoms with Crippen molar-refractivity contribution < 1.29 is 9.53 Å². The molecule has 2 atom stereocenters. The van der Waals surface area contributed by atoms with E-state index in [1.807, 2.05) is 6.92 Å². The van der Waals surface area contributed by atoms with Crippen molar-refractivity contribution in [2.24, 2.45) is 5.92 Å². The Morgan fingerprint density at radius 1 is 1.82 bits per heavy atom. The molecule has 0 aromatic heterocycles. The van der Waals surface area contributed by atoms with E-state index in [0.29, 0.717) is 0 Å². The Balaban J connectivity index is 2.35. The molecule has 2 unspecified atom stereocenters. The van der Waals surface area contributed by atoms with Gasteiger partial charge in [0.1, 0.15) is 6.29 Å². The number of carbonyl (C=O) groups is 1. The summed E-state index contributed by atoms with van der Waals surface area (Å²) in [5.74, 6) is 0.0720. The first-order valence-corrected chi connectivity index (χ1v) is 4.16. The molecule has 3 nitrogen and oxygen atoms in total. The van der Waals surface area contributed by atoms with Crippen molar-refractivity contribution in [3.63, 3.8) is 0 Å². The number of nitrogens with one attached hydrogen (secondary N) is 1. The van der Waals surface area contributed by atoms with Crippen molar-refractivity contribution in [3.8, 4) is 0 Å². The van der Waals surface area contributed by atoms with Crippen LogP contribution in [0.4, 0.5) is 0 Å². The van der Waals surface area contributed by atoms with Gasteiger partial charge >= 0.3 is 0 Å². The van der Waals surface area contributed by atoms with Gasteiger partial charge in [0.2, 0.25) is 0 Å². The molecule has 64 valence electrons. The van der Waals surface area contributed by atoms with Crippen LogP contribution in [0, 0.1) is 5.92 Å². The summed E-state index contributed by atoms with van der Waals surface area (Å²) < 4.78 is 5.43. The summed E-state index contributed by atoms with van der Waals surface area (Å²) >= 11 is 0. The number of morpholine rings is 1. The van der Waals surface area contributed by atoms with Crippen LogP contribution in [0.3, 0.4) is 0 Å². The van der Waals surface area contributed by atoms with Crippen LogP contribution in [0.15, 0.2) is 0 Å². The average molecular weight is 157 g/mol. The smallest absolute Gasteiger partial charge is 0.125 e. The Morgan fingerprint density at radius 3 is 3.09 bits per heavy atom. The molecular formula is C8H15NO2. The molecule has 0 bridgehead atoms. The minimum atomic E-state index is 0.0720. The highest BCUT2D eigenvalue weighted by molar-refractivity contribution is 5.54. The van der Waals surface area contributed by atoms with Gasteiger partial charge < -0.3 is 14.8 Å². The monoisotopic (exact) mass is 157 g/mol. The van der Waals surface area contributed by atoms with Crippen molar-refractivity contribution in [1.29, 1.82) is 0 Å². The minimum Gasteiger partial charge on any atom is -0.375 e. The highest BCUT2D eigenvalue weighted by Gasteiger charge is 2.21. The van der Waals surface area contributed by atoms with E-state index in [1.165, 1.54) is 0 Å². The van der Waals surface area contributed by atoms with Gasteiger partial charge in [0.15, 0.2) is 0 Å². The summed E-state index contributed by atoms with van der Waals surface area (Å²) in [5.41, 5.74) is 0. The predicted molar refractivity (Wildman–Crippen MR) is 42.5 cm³/mol. The molecule has 0 aromatic rings. The third kappa shape index (κ3) is 2.27. The van der Waals surface area contributed by atoms with Gasteiger partial charge in [-0.2, -0.15) is 0 Å². The number of aldehydes is 1. The molecule has 0 aromatic carbocycles. The average Bonchev–Trinajstić information content (AvgIpc) is 2.09. The molecule has 1 saturated heterocycles. The Kier molecular flexibility index (Phi) is 3.52. The van der Waals surface area contributed by atoms with Crippen LogP contribution in [-0.4, -0.2) is 32.1 Å². The van der Waals surface area contributed by atoms with Gasteiger partial charge in [0, 0.05) is 19.0 Å². The molecule has 1 fully saturated rings. The zero-order chi connectivity index (χ0) is 8.10. The lowest BCUT2D eigenvalue weighted by Crippen LogP contribution is -2.43. The maximum atomic E-state index is 10.5. The lowest BCUT2D eigenvalue weighted by Gasteiger charge is -2.27. The zero-order valence-electron chi connectivity index (χ0n) is 6.88. The van der Waals surface area contributed by atoms with E-state index in [-0.39, 0.29) is 12.0 Å². The molecule has 11 heavy (non-hydrogen) atoms. The van der Waals surface area contributed by atoms with Crippen molar-refractivity contribution in [2.75, 3.05) is 19.7 Å². The molecule has 1 heterocycles. The fraction of sp³-hybridized carbons (Fsp3) is 0.875. The third-order valence-corrected chi connectivity index (χ3v) is 2.08. The van der Waals surface area contributed by atoms with E-state index in [1.54, 1.807) is 0 Å². The minimum absolute atomic E-state index is 0.0720. The number of carbonyl (C=O) groups excluding carboxylic acids is 1. The van der Waals surface area contributed by atoms with E-state index >= 15 is 0 Å². The number of rotatable bonds is 3. The third-order valence-electron chi connectivity index (χ3n) is 2.08. The highest BCUT2D eigenvalue weighted by atomic mass is 16.5. The second kappa shape index (κ2) is 4.46. The van der Waals surface area contributed by atoms with Crippen LogP contribution in [0.1, 0.15) is 13.3 Å². The fourth-order valence-electron chi connectivity index (χ4n) is 1.31. The molecule has 1 rings (SSSR count). The van der Waals surface area contributed by atoms with Crippen molar-refractivity contribution >= 4 is 6.29 Å². The lowest BCUT2D eigenvalue weighted by molar-refractivity contribution is -0.117. The van der Waals surface area contributed by atoms with Gasteiger partial charge in [-0.15, -0.1) is 0 Å². The first-order valence-electron chi connectivity index (χ1n) is 4.16. The quantitative estimate of drug-likeness (QED) is 0.595. The van der Waals surface area contributed by atoms with E-state index in [2.05, 4.69) is 5.32 Å². The number of ether oxygens (including phenoxy) is 1. The SMILES string of the molecule is CCC(C=O)C1CNCCO1. The van der Waals surface area contributed by atoms with E-state index in [9.17, 15) is 4.79 Å².